The van der Waals surface area contributed by atoms with E-state index >= 15 is 0 Å². The van der Waals surface area contributed by atoms with Gasteiger partial charge >= 0.3 is 0 Å². The lowest BCUT2D eigenvalue weighted by molar-refractivity contribution is -0.124. The average molecular weight is 430 g/mol. The number of hydrogen-bond acceptors (Lipinski definition) is 4. The number of ether oxygens (including phenoxy) is 1. The van der Waals surface area contributed by atoms with Crippen LogP contribution in [0.5, 0.6) is 5.75 Å². The van der Waals surface area contributed by atoms with Crippen LogP contribution in [0.3, 0.4) is 0 Å². The van der Waals surface area contributed by atoms with Crippen LogP contribution in [0.15, 0.2) is 77.9 Å². The lowest BCUT2D eigenvalue weighted by Gasteiger charge is -2.09. The van der Waals surface area contributed by atoms with Gasteiger partial charge in [-0.25, -0.2) is 5.43 Å². The minimum absolute atomic E-state index is 0.0419. The number of hydrogen-bond donors (Lipinski definition) is 2. The van der Waals surface area contributed by atoms with Crippen molar-refractivity contribution in [3.8, 4) is 5.75 Å². The van der Waals surface area contributed by atoms with Crippen molar-refractivity contribution < 1.29 is 14.3 Å². The smallest absolute Gasteiger partial charge is 0.240 e. The zero-order valence-electron chi connectivity index (χ0n) is 18.3. The summed E-state index contributed by atoms with van der Waals surface area (Å²) in [6.07, 6.45) is 1.65. The summed E-state index contributed by atoms with van der Waals surface area (Å²) in [5, 5.41) is 6.86. The lowest BCUT2D eigenvalue weighted by atomic mass is 10.1. The normalized spacial score (nSPS) is 10.7. The van der Waals surface area contributed by atoms with E-state index in [0.29, 0.717) is 12.4 Å². The van der Waals surface area contributed by atoms with Crippen LogP contribution in [0.2, 0.25) is 0 Å². The first-order valence-corrected chi connectivity index (χ1v) is 10.5. The van der Waals surface area contributed by atoms with Crippen LogP contribution in [0.1, 0.15) is 35.1 Å². The van der Waals surface area contributed by atoms with Gasteiger partial charge in [0.05, 0.1) is 6.21 Å². The molecule has 2 N–H and O–H groups in total. The second-order valence-electron chi connectivity index (χ2n) is 7.47. The quantitative estimate of drug-likeness (QED) is 0.380. The van der Waals surface area contributed by atoms with Gasteiger partial charge in [-0.1, -0.05) is 54.6 Å². The van der Waals surface area contributed by atoms with Gasteiger partial charge in [0, 0.05) is 24.1 Å². The molecule has 0 spiro atoms. The Bertz CT molecular complexity index is 1090. The SMILES string of the molecule is Cc1ccc(C)c(NC(=O)CCC(=O)NN=Cc2ccccc2OCc2ccccc2)c1. The van der Waals surface area contributed by atoms with Gasteiger partial charge < -0.3 is 10.1 Å². The molecule has 2 amide bonds. The number of aryl methyl sites for hydroxylation is 2. The number of amides is 2. The highest BCUT2D eigenvalue weighted by molar-refractivity contribution is 5.94. The summed E-state index contributed by atoms with van der Waals surface area (Å²) < 4.78 is 5.88. The highest BCUT2D eigenvalue weighted by atomic mass is 16.5. The van der Waals surface area contributed by atoms with Crippen LogP contribution in [-0.4, -0.2) is 18.0 Å². The average Bonchev–Trinajstić information content (AvgIpc) is 2.80. The Morgan fingerprint density at radius 3 is 2.44 bits per heavy atom. The van der Waals surface area contributed by atoms with Gasteiger partial charge in [-0.05, 0) is 48.7 Å². The number of nitrogens with one attached hydrogen (secondary N) is 2. The molecule has 0 aliphatic heterocycles. The maximum atomic E-state index is 12.2. The van der Waals surface area contributed by atoms with Gasteiger partial charge in [-0.3, -0.25) is 9.59 Å². The molecule has 0 bridgehead atoms. The van der Waals surface area contributed by atoms with Gasteiger partial charge in [0.2, 0.25) is 11.8 Å². The molecule has 3 aromatic carbocycles. The first-order valence-electron chi connectivity index (χ1n) is 10.5. The molecule has 32 heavy (non-hydrogen) atoms. The summed E-state index contributed by atoms with van der Waals surface area (Å²) in [5.41, 5.74) is 7.08. The number of para-hydroxylation sites is 1. The third kappa shape index (κ3) is 7.09. The zero-order valence-corrected chi connectivity index (χ0v) is 18.3. The van der Waals surface area contributed by atoms with E-state index in [1.54, 1.807) is 0 Å². The molecule has 6 nitrogen and oxygen atoms in total. The Balaban J connectivity index is 1.47. The van der Waals surface area contributed by atoms with Gasteiger partial charge in [0.15, 0.2) is 0 Å². The molecule has 0 saturated carbocycles. The number of anilines is 1. The molecular formula is C26H27N3O3. The Morgan fingerprint density at radius 1 is 0.906 bits per heavy atom. The zero-order chi connectivity index (χ0) is 22.8. The molecule has 0 heterocycles. The Labute approximate surface area is 188 Å². The summed E-state index contributed by atoms with van der Waals surface area (Å²) in [5.74, 6) is 0.125. The van der Waals surface area contributed by atoms with Crippen LogP contribution in [0, 0.1) is 13.8 Å². The standard InChI is InChI=1S/C26H27N3O3/c1-19-12-13-20(2)23(16-19)28-25(30)14-15-26(31)29-27-17-22-10-6-7-11-24(22)32-18-21-8-4-3-5-9-21/h3-13,16-17H,14-15,18H2,1-2H3,(H,28,30)(H,29,31). The van der Waals surface area contributed by atoms with Crippen LogP contribution in [-0.2, 0) is 16.2 Å². The Morgan fingerprint density at radius 2 is 1.62 bits per heavy atom. The van der Waals surface area contributed by atoms with E-state index in [4.69, 9.17) is 4.74 Å². The van der Waals surface area contributed by atoms with E-state index in [1.807, 2.05) is 86.6 Å². The van der Waals surface area contributed by atoms with Crippen molar-refractivity contribution in [1.82, 2.24) is 5.43 Å². The number of nitrogens with zero attached hydrogens (tertiary/aromatic N) is 1. The topological polar surface area (TPSA) is 79.8 Å². The van der Waals surface area contributed by atoms with Crippen molar-refractivity contribution in [2.45, 2.75) is 33.3 Å². The minimum atomic E-state index is -0.333. The van der Waals surface area contributed by atoms with E-state index in [-0.39, 0.29) is 24.7 Å². The first kappa shape index (κ1) is 22.7. The summed E-state index contributed by atoms with van der Waals surface area (Å²) in [4.78, 5) is 24.2. The van der Waals surface area contributed by atoms with E-state index in [0.717, 1.165) is 27.9 Å². The van der Waals surface area contributed by atoms with E-state index in [1.165, 1.54) is 6.21 Å². The van der Waals surface area contributed by atoms with Crippen molar-refractivity contribution in [2.75, 3.05) is 5.32 Å². The molecular weight excluding hydrogens is 402 g/mol. The molecule has 0 aliphatic carbocycles. The first-order chi connectivity index (χ1) is 15.5. The van der Waals surface area contributed by atoms with Gasteiger partial charge in [0.1, 0.15) is 12.4 Å². The van der Waals surface area contributed by atoms with Crippen molar-refractivity contribution in [2.24, 2.45) is 5.10 Å². The van der Waals surface area contributed by atoms with Crippen LogP contribution < -0.4 is 15.5 Å². The molecule has 0 unspecified atom stereocenters. The number of carbonyl (C=O) groups is 2. The summed E-state index contributed by atoms with van der Waals surface area (Å²) in [6, 6.07) is 23.2. The van der Waals surface area contributed by atoms with Gasteiger partial charge in [-0.15, -0.1) is 0 Å². The molecule has 6 heteroatoms. The number of carbonyl (C=O) groups excluding carboxylic acids is 2. The molecule has 0 fully saturated rings. The molecule has 0 saturated heterocycles. The Hall–Kier alpha value is -3.93. The fraction of sp³-hybridized carbons (Fsp3) is 0.192. The third-order valence-electron chi connectivity index (χ3n) is 4.80. The molecule has 0 radical (unpaired) electrons. The molecule has 3 aromatic rings. The summed E-state index contributed by atoms with van der Waals surface area (Å²) in [6.45, 7) is 4.33. The number of rotatable bonds is 9. The largest absolute Gasteiger partial charge is 0.488 e. The van der Waals surface area contributed by atoms with Crippen molar-refractivity contribution >= 4 is 23.7 Å². The van der Waals surface area contributed by atoms with Crippen LogP contribution in [0.25, 0.3) is 0 Å². The third-order valence-corrected chi connectivity index (χ3v) is 4.80. The predicted octanol–water partition coefficient (Wildman–Crippen LogP) is 4.75. The monoisotopic (exact) mass is 429 g/mol. The molecule has 164 valence electrons. The maximum Gasteiger partial charge on any atom is 0.240 e. The van der Waals surface area contributed by atoms with E-state index < -0.39 is 0 Å². The minimum Gasteiger partial charge on any atom is -0.488 e. The number of hydrazone groups is 1. The van der Waals surface area contributed by atoms with Crippen LogP contribution >= 0.6 is 0 Å². The second-order valence-corrected chi connectivity index (χ2v) is 7.47. The summed E-state index contributed by atoms with van der Waals surface area (Å²) >= 11 is 0. The van der Waals surface area contributed by atoms with E-state index in [9.17, 15) is 9.59 Å². The second kappa shape index (κ2) is 11.5. The molecule has 3 rings (SSSR count). The van der Waals surface area contributed by atoms with E-state index in [2.05, 4.69) is 15.8 Å². The van der Waals surface area contributed by atoms with Gasteiger partial charge in [0.25, 0.3) is 0 Å². The fourth-order valence-corrected chi connectivity index (χ4v) is 2.99. The van der Waals surface area contributed by atoms with Crippen molar-refractivity contribution in [3.05, 3.63) is 95.1 Å². The summed E-state index contributed by atoms with van der Waals surface area (Å²) in [7, 11) is 0. The Kier molecular flexibility index (Phi) is 8.15. The fourth-order valence-electron chi connectivity index (χ4n) is 2.99. The van der Waals surface area contributed by atoms with Crippen LogP contribution in [0.4, 0.5) is 5.69 Å². The highest BCUT2D eigenvalue weighted by Crippen LogP contribution is 2.18. The van der Waals surface area contributed by atoms with Crippen molar-refractivity contribution in [3.63, 3.8) is 0 Å². The maximum absolute atomic E-state index is 12.2. The highest BCUT2D eigenvalue weighted by Gasteiger charge is 2.08. The van der Waals surface area contributed by atoms with Crippen molar-refractivity contribution in [1.29, 1.82) is 0 Å². The molecule has 0 aromatic heterocycles. The van der Waals surface area contributed by atoms with Gasteiger partial charge in [-0.2, -0.15) is 5.10 Å². The lowest BCUT2D eigenvalue weighted by Crippen LogP contribution is -2.21. The molecule has 0 atom stereocenters. The predicted molar refractivity (Wildman–Crippen MR) is 127 cm³/mol. The number of benzene rings is 3. The molecule has 0 aliphatic rings.